The van der Waals surface area contributed by atoms with Gasteiger partial charge in [-0.25, -0.2) is 8.78 Å². The normalized spacial score (nSPS) is 13.3. The van der Waals surface area contributed by atoms with Crippen LogP contribution in [0.1, 0.15) is 27.2 Å². The first-order valence-corrected chi connectivity index (χ1v) is 9.57. The molecular weight excluding hydrogens is 386 g/mol. The molecule has 3 heterocycles. The van der Waals surface area contributed by atoms with Gasteiger partial charge in [-0.05, 0) is 47.9 Å². The van der Waals surface area contributed by atoms with Crippen LogP contribution in [0.2, 0.25) is 0 Å². The van der Waals surface area contributed by atoms with E-state index >= 15 is 0 Å². The number of fused-ring (bicyclic) bond motifs is 2. The van der Waals surface area contributed by atoms with Crippen molar-refractivity contribution in [2.75, 3.05) is 0 Å². The predicted molar refractivity (Wildman–Crippen MR) is 109 cm³/mol. The maximum Gasteiger partial charge on any atom is 0.256 e. The number of benzene rings is 2. The van der Waals surface area contributed by atoms with Crippen molar-refractivity contribution in [2.24, 2.45) is 7.05 Å². The minimum Gasteiger partial charge on any atom is -0.328 e. The molecule has 1 aliphatic rings. The number of nitrogens with zero attached hydrogens (tertiary/aromatic N) is 4. The number of hydrogen-bond donors (Lipinski definition) is 0. The summed E-state index contributed by atoms with van der Waals surface area (Å²) in [6.45, 7) is 2.06. The average molecular weight is 404 g/mol. The van der Waals surface area contributed by atoms with Crippen molar-refractivity contribution in [1.82, 2.24) is 19.7 Å². The minimum absolute atomic E-state index is 0.130. The first-order valence-electron chi connectivity index (χ1n) is 9.57. The van der Waals surface area contributed by atoms with Crippen molar-refractivity contribution in [2.45, 2.75) is 20.0 Å². The Morgan fingerprint density at radius 1 is 1.10 bits per heavy atom. The lowest BCUT2D eigenvalue weighted by Gasteiger charge is -2.17. The van der Waals surface area contributed by atoms with Gasteiger partial charge in [-0.1, -0.05) is 12.1 Å². The molecule has 0 spiro atoms. The molecule has 0 bridgehead atoms. The van der Waals surface area contributed by atoms with Gasteiger partial charge in [0.2, 0.25) is 0 Å². The van der Waals surface area contributed by atoms with E-state index in [2.05, 4.69) is 10.1 Å². The summed E-state index contributed by atoms with van der Waals surface area (Å²) < 4.78 is 31.7. The Hall–Kier alpha value is -3.61. The van der Waals surface area contributed by atoms with Gasteiger partial charge >= 0.3 is 0 Å². The highest BCUT2D eigenvalue weighted by atomic mass is 19.1. The summed E-state index contributed by atoms with van der Waals surface area (Å²) in [6.07, 6.45) is 3.31. The Labute approximate surface area is 171 Å². The molecule has 0 saturated heterocycles. The maximum atomic E-state index is 15.0. The van der Waals surface area contributed by atoms with E-state index in [-0.39, 0.29) is 24.6 Å². The standard InChI is InChI=1S/C23H18F2N4O/c1-13-5-6-15(17-10-27-28(2)22(13)17)14-8-19(24)18(20(25)9-14)11-29-12-21-16(23(29)30)4-3-7-26-21/h3-10H,11-12H2,1-2H3. The predicted octanol–water partition coefficient (Wildman–Crippen LogP) is 4.38. The van der Waals surface area contributed by atoms with Gasteiger partial charge in [0.1, 0.15) is 11.6 Å². The monoisotopic (exact) mass is 404 g/mol. The molecule has 150 valence electrons. The van der Waals surface area contributed by atoms with Crippen LogP contribution in [0, 0.1) is 18.6 Å². The fraction of sp³-hybridized carbons (Fsp3) is 0.174. The summed E-state index contributed by atoms with van der Waals surface area (Å²) in [7, 11) is 1.84. The molecule has 2 aromatic carbocycles. The molecule has 0 N–H and O–H groups in total. The third kappa shape index (κ3) is 2.77. The summed E-state index contributed by atoms with van der Waals surface area (Å²) >= 11 is 0. The molecule has 5 rings (SSSR count). The summed E-state index contributed by atoms with van der Waals surface area (Å²) in [4.78, 5) is 18.1. The molecule has 0 saturated carbocycles. The van der Waals surface area contributed by atoms with Crippen molar-refractivity contribution in [3.8, 4) is 11.1 Å². The quantitative estimate of drug-likeness (QED) is 0.509. The number of carbonyl (C=O) groups excluding carboxylic acids is 1. The number of aryl methyl sites for hydroxylation is 2. The highest BCUT2D eigenvalue weighted by molar-refractivity contribution is 5.98. The van der Waals surface area contributed by atoms with Gasteiger partial charge < -0.3 is 4.90 Å². The van der Waals surface area contributed by atoms with Crippen LogP contribution in [0.5, 0.6) is 0 Å². The topological polar surface area (TPSA) is 51.0 Å². The van der Waals surface area contributed by atoms with Gasteiger partial charge in [0.15, 0.2) is 0 Å². The molecule has 5 nitrogen and oxygen atoms in total. The van der Waals surface area contributed by atoms with Crippen molar-refractivity contribution in [3.63, 3.8) is 0 Å². The summed E-state index contributed by atoms with van der Waals surface area (Å²) in [6, 6.07) is 9.76. The zero-order valence-electron chi connectivity index (χ0n) is 16.5. The highest BCUT2D eigenvalue weighted by Gasteiger charge is 2.29. The number of pyridine rings is 1. The van der Waals surface area contributed by atoms with E-state index in [0.29, 0.717) is 22.4 Å². The average Bonchev–Trinajstić information content (AvgIpc) is 3.26. The van der Waals surface area contributed by atoms with Gasteiger partial charge in [0, 0.05) is 24.2 Å². The van der Waals surface area contributed by atoms with E-state index in [9.17, 15) is 13.6 Å². The van der Waals surface area contributed by atoms with E-state index in [4.69, 9.17) is 0 Å². The van der Waals surface area contributed by atoms with Gasteiger partial charge in [-0.3, -0.25) is 14.5 Å². The molecule has 1 amide bonds. The van der Waals surface area contributed by atoms with Gasteiger partial charge in [0.05, 0.1) is 36.1 Å². The van der Waals surface area contributed by atoms with Gasteiger partial charge in [-0.15, -0.1) is 0 Å². The number of carbonyl (C=O) groups is 1. The van der Waals surface area contributed by atoms with Crippen LogP contribution >= 0.6 is 0 Å². The Bertz CT molecular complexity index is 1310. The summed E-state index contributed by atoms with van der Waals surface area (Å²) in [5, 5.41) is 5.11. The maximum absolute atomic E-state index is 15.0. The second-order valence-corrected chi connectivity index (χ2v) is 7.54. The fourth-order valence-corrected chi connectivity index (χ4v) is 4.14. The number of rotatable bonds is 3. The summed E-state index contributed by atoms with van der Waals surface area (Å²) in [5.74, 6) is -1.63. The number of hydrogen-bond acceptors (Lipinski definition) is 3. The zero-order chi connectivity index (χ0) is 21.0. The van der Waals surface area contributed by atoms with Crippen LogP contribution in [0.4, 0.5) is 8.78 Å². The van der Waals surface area contributed by atoms with Crippen molar-refractivity contribution in [3.05, 3.63) is 82.8 Å². The van der Waals surface area contributed by atoms with Gasteiger partial charge in [0.25, 0.3) is 5.91 Å². The molecule has 0 fully saturated rings. The van der Waals surface area contributed by atoms with E-state index < -0.39 is 11.6 Å². The second kappa shape index (κ2) is 6.73. The fourth-order valence-electron chi connectivity index (χ4n) is 4.14. The zero-order valence-corrected chi connectivity index (χ0v) is 16.5. The number of halogens is 2. The van der Waals surface area contributed by atoms with Crippen LogP contribution in [0.25, 0.3) is 22.0 Å². The first-order chi connectivity index (χ1) is 14.4. The Morgan fingerprint density at radius 2 is 1.87 bits per heavy atom. The SMILES string of the molecule is Cc1ccc(-c2cc(F)c(CN3Cc4ncccc4C3=O)c(F)c2)c2cnn(C)c12. The van der Waals surface area contributed by atoms with Gasteiger partial charge in [-0.2, -0.15) is 5.10 Å². The van der Waals surface area contributed by atoms with Crippen LogP contribution < -0.4 is 0 Å². The van der Waals surface area contributed by atoms with E-state index in [1.165, 1.54) is 17.0 Å². The molecule has 30 heavy (non-hydrogen) atoms. The second-order valence-electron chi connectivity index (χ2n) is 7.54. The van der Waals surface area contributed by atoms with E-state index in [0.717, 1.165) is 16.5 Å². The lowest BCUT2D eigenvalue weighted by molar-refractivity contribution is 0.0763. The van der Waals surface area contributed by atoms with Crippen LogP contribution in [-0.2, 0) is 20.1 Å². The molecule has 7 heteroatoms. The van der Waals surface area contributed by atoms with Crippen LogP contribution in [0.15, 0.2) is 48.8 Å². The number of aromatic nitrogens is 3. The van der Waals surface area contributed by atoms with E-state index in [1.807, 2.05) is 26.1 Å². The Balaban J connectivity index is 1.51. The lowest BCUT2D eigenvalue weighted by Crippen LogP contribution is -2.24. The molecule has 2 aromatic heterocycles. The number of amides is 1. The van der Waals surface area contributed by atoms with Crippen LogP contribution in [-0.4, -0.2) is 25.6 Å². The smallest absolute Gasteiger partial charge is 0.256 e. The van der Waals surface area contributed by atoms with Crippen molar-refractivity contribution < 1.29 is 13.6 Å². The first kappa shape index (κ1) is 18.4. The molecule has 1 aliphatic heterocycles. The molecule has 0 unspecified atom stereocenters. The third-order valence-corrected chi connectivity index (χ3v) is 5.65. The molecule has 0 radical (unpaired) electrons. The Kier molecular flexibility index (Phi) is 4.13. The van der Waals surface area contributed by atoms with Crippen molar-refractivity contribution in [1.29, 1.82) is 0 Å². The molecule has 0 atom stereocenters. The van der Waals surface area contributed by atoms with E-state index in [1.54, 1.807) is 29.2 Å². The summed E-state index contributed by atoms with van der Waals surface area (Å²) in [5.41, 5.74) is 4.07. The Morgan fingerprint density at radius 3 is 2.60 bits per heavy atom. The minimum atomic E-state index is -0.681. The largest absolute Gasteiger partial charge is 0.328 e. The van der Waals surface area contributed by atoms with Crippen molar-refractivity contribution >= 4 is 16.8 Å². The lowest BCUT2D eigenvalue weighted by atomic mass is 9.98. The highest BCUT2D eigenvalue weighted by Crippen LogP contribution is 2.33. The molecular formula is C23H18F2N4O. The third-order valence-electron chi connectivity index (χ3n) is 5.65. The molecule has 4 aromatic rings. The molecule has 0 aliphatic carbocycles. The van der Waals surface area contributed by atoms with Crippen LogP contribution in [0.3, 0.4) is 0 Å².